The van der Waals surface area contributed by atoms with Gasteiger partial charge in [-0.05, 0) is 89.4 Å². The monoisotopic (exact) mass is 644 g/mol. The molecule has 5 rings (SSSR count). The van der Waals surface area contributed by atoms with Crippen LogP contribution in [0, 0.1) is 0 Å². The molecule has 2 heterocycles. The van der Waals surface area contributed by atoms with Gasteiger partial charge in [0.15, 0.2) is 18.4 Å². The summed E-state index contributed by atoms with van der Waals surface area (Å²) in [6, 6.07) is 15.1. The summed E-state index contributed by atoms with van der Waals surface area (Å²) in [5.41, 5.74) is 3.45. The zero-order chi connectivity index (χ0) is 31.4. The third-order valence-electron chi connectivity index (χ3n) is 7.10. The van der Waals surface area contributed by atoms with Gasteiger partial charge in [0.1, 0.15) is 5.02 Å². The summed E-state index contributed by atoms with van der Waals surface area (Å²) in [7, 11) is -3.27. The first-order valence-corrected chi connectivity index (χ1v) is 16.9. The Labute approximate surface area is 264 Å². The van der Waals surface area contributed by atoms with Gasteiger partial charge in [0.2, 0.25) is 16.0 Å². The highest BCUT2D eigenvalue weighted by molar-refractivity contribution is 7.90. The zero-order valence-corrected chi connectivity index (χ0v) is 27.2. The number of nitrogens with one attached hydrogen (secondary N) is 3. The Kier molecular flexibility index (Phi) is 10.3. The molecule has 1 saturated heterocycles. The fraction of sp³-hybridized carbons (Fsp3) is 0.484. The molecule has 3 N–H and O–H groups in total. The number of hydrogen-bond acceptors (Lipinski definition) is 10. The molecule has 2 aliphatic rings. The second kappa shape index (κ2) is 14.0. The molecule has 2 aromatic carbocycles. The molecule has 44 heavy (non-hydrogen) atoms. The van der Waals surface area contributed by atoms with Crippen LogP contribution in [0.1, 0.15) is 59.1 Å². The third kappa shape index (κ3) is 8.80. The molecule has 3 aromatic rings. The number of nitrogens with zero attached hydrogens (tertiary/aromatic N) is 3. The number of sulfonamides is 1. The molecule has 1 aliphatic heterocycles. The van der Waals surface area contributed by atoms with Crippen molar-refractivity contribution >= 4 is 50.5 Å². The van der Waals surface area contributed by atoms with Crippen molar-refractivity contribution in [3.05, 3.63) is 65.3 Å². The van der Waals surface area contributed by atoms with Gasteiger partial charge in [-0.3, -0.25) is 0 Å². The summed E-state index contributed by atoms with van der Waals surface area (Å²) in [4.78, 5) is 11.1. The molecule has 2 fully saturated rings. The van der Waals surface area contributed by atoms with Crippen molar-refractivity contribution in [2.24, 2.45) is 0 Å². The van der Waals surface area contributed by atoms with E-state index in [1.807, 2.05) is 83.1 Å². The molecule has 1 aromatic heterocycles. The maximum Gasteiger partial charge on any atom is 0.229 e. The van der Waals surface area contributed by atoms with Crippen molar-refractivity contribution in [2.75, 3.05) is 28.6 Å². The fourth-order valence-corrected chi connectivity index (χ4v) is 6.55. The second-order valence-electron chi connectivity index (χ2n) is 11.7. The highest BCUT2D eigenvalue weighted by Crippen LogP contribution is 2.30. The van der Waals surface area contributed by atoms with E-state index in [9.17, 15) is 8.42 Å². The number of rotatable bonds is 13. The molecule has 0 radical (unpaired) electrons. The SMILES string of the molecule is CC(C)OC1CN(c2ccc(Nc3ncc(Cl)c(Nc4ccc(C(C)NS(=O)(=O)C5CC5)cc4)n3)cc2)CC(OC(C)C)O1. The van der Waals surface area contributed by atoms with Gasteiger partial charge in [-0.25, -0.2) is 18.1 Å². The predicted molar refractivity (Wildman–Crippen MR) is 173 cm³/mol. The number of morpholine rings is 1. The van der Waals surface area contributed by atoms with Gasteiger partial charge >= 0.3 is 0 Å². The summed E-state index contributed by atoms with van der Waals surface area (Å²) in [6.45, 7) is 11.0. The first kappa shape index (κ1) is 32.4. The van der Waals surface area contributed by atoms with E-state index in [0.29, 0.717) is 29.9 Å². The van der Waals surface area contributed by atoms with Crippen molar-refractivity contribution in [2.45, 2.75) is 83.5 Å². The first-order valence-electron chi connectivity index (χ1n) is 14.9. The quantitative estimate of drug-likeness (QED) is 0.201. The second-order valence-corrected chi connectivity index (χ2v) is 14.1. The average molecular weight is 645 g/mol. The lowest BCUT2D eigenvalue weighted by Crippen LogP contribution is -2.50. The molecular formula is C31H41ClN6O5S. The summed E-state index contributed by atoms with van der Waals surface area (Å²) >= 11 is 6.40. The highest BCUT2D eigenvalue weighted by atomic mass is 35.5. The van der Waals surface area contributed by atoms with Gasteiger partial charge in [0, 0.05) is 23.1 Å². The van der Waals surface area contributed by atoms with Crippen LogP contribution in [0.2, 0.25) is 5.02 Å². The van der Waals surface area contributed by atoms with Crippen molar-refractivity contribution in [3.63, 3.8) is 0 Å². The van der Waals surface area contributed by atoms with Gasteiger partial charge in [0.25, 0.3) is 0 Å². The number of aromatic nitrogens is 2. The van der Waals surface area contributed by atoms with E-state index < -0.39 is 22.6 Å². The lowest BCUT2D eigenvalue weighted by atomic mass is 10.1. The predicted octanol–water partition coefficient (Wildman–Crippen LogP) is 6.10. The van der Waals surface area contributed by atoms with Crippen LogP contribution in [0.4, 0.5) is 28.8 Å². The number of anilines is 5. The van der Waals surface area contributed by atoms with Crippen molar-refractivity contribution in [1.82, 2.24) is 14.7 Å². The smallest absolute Gasteiger partial charge is 0.229 e. The van der Waals surface area contributed by atoms with Gasteiger partial charge in [0.05, 0.1) is 36.7 Å². The normalized spacial score (nSPS) is 19.8. The van der Waals surface area contributed by atoms with Crippen LogP contribution in [0.5, 0.6) is 0 Å². The van der Waals surface area contributed by atoms with Crippen LogP contribution in [0.15, 0.2) is 54.7 Å². The Morgan fingerprint density at radius 1 is 0.886 bits per heavy atom. The molecule has 1 aliphatic carbocycles. The third-order valence-corrected chi connectivity index (χ3v) is 9.41. The highest BCUT2D eigenvalue weighted by Gasteiger charge is 2.36. The summed E-state index contributed by atoms with van der Waals surface area (Å²) in [5.74, 6) is 0.822. The standard InChI is InChI=1S/C31H41ClN6O5S/c1-19(2)41-28-17-38(18-29(43-28)42-20(3)4)25-12-10-24(11-13-25)35-31-33-16-27(32)30(36-31)34-23-8-6-22(7-9-23)21(5)37-44(39,40)26-14-15-26/h6-13,16,19-21,26,28-29,37H,14-15,17-18H2,1-5H3,(H2,33,34,35,36). The van der Waals surface area contributed by atoms with E-state index in [-0.39, 0.29) is 23.5 Å². The van der Waals surface area contributed by atoms with Gasteiger partial charge in [-0.15, -0.1) is 0 Å². The van der Waals surface area contributed by atoms with Crippen molar-refractivity contribution < 1.29 is 22.6 Å². The zero-order valence-electron chi connectivity index (χ0n) is 25.7. The number of halogens is 1. The van der Waals surface area contributed by atoms with Crippen molar-refractivity contribution in [1.29, 1.82) is 0 Å². The summed E-state index contributed by atoms with van der Waals surface area (Å²) in [5, 5.41) is 6.57. The Hall–Kier alpha value is -3.00. The molecule has 0 spiro atoms. The van der Waals surface area contributed by atoms with Crippen LogP contribution >= 0.6 is 11.6 Å². The lowest BCUT2D eigenvalue weighted by molar-refractivity contribution is -0.268. The molecule has 0 bridgehead atoms. The van der Waals surface area contributed by atoms with Gasteiger partial charge in [-0.2, -0.15) is 4.98 Å². The van der Waals surface area contributed by atoms with Crippen LogP contribution in [-0.2, 0) is 24.2 Å². The average Bonchev–Trinajstić information content (AvgIpc) is 3.81. The topological polar surface area (TPSA) is 127 Å². The van der Waals surface area contributed by atoms with Gasteiger partial charge < -0.3 is 29.7 Å². The fourth-order valence-electron chi connectivity index (χ4n) is 4.84. The number of hydrogen-bond donors (Lipinski definition) is 3. The van der Waals surface area contributed by atoms with E-state index in [2.05, 4.69) is 30.2 Å². The number of ether oxygens (including phenoxy) is 3. The van der Waals surface area contributed by atoms with E-state index in [1.165, 1.54) is 6.20 Å². The van der Waals surface area contributed by atoms with E-state index >= 15 is 0 Å². The van der Waals surface area contributed by atoms with Crippen LogP contribution in [0.3, 0.4) is 0 Å². The Morgan fingerprint density at radius 2 is 1.45 bits per heavy atom. The Balaban J connectivity index is 1.21. The maximum absolute atomic E-state index is 12.3. The first-order chi connectivity index (χ1) is 20.9. The van der Waals surface area contributed by atoms with Crippen molar-refractivity contribution in [3.8, 4) is 0 Å². The molecule has 238 valence electrons. The minimum absolute atomic E-state index is 0.0353. The molecule has 3 atom stereocenters. The van der Waals surface area contributed by atoms with E-state index in [0.717, 1.165) is 35.5 Å². The van der Waals surface area contributed by atoms with E-state index in [1.54, 1.807) is 0 Å². The molecule has 13 heteroatoms. The molecule has 11 nitrogen and oxygen atoms in total. The van der Waals surface area contributed by atoms with Gasteiger partial charge in [-0.1, -0.05) is 23.7 Å². The lowest BCUT2D eigenvalue weighted by Gasteiger charge is -2.40. The molecule has 3 unspecified atom stereocenters. The molecular weight excluding hydrogens is 604 g/mol. The van der Waals surface area contributed by atoms with E-state index in [4.69, 9.17) is 25.8 Å². The minimum Gasteiger partial charge on any atom is -0.361 e. The largest absolute Gasteiger partial charge is 0.361 e. The molecule has 1 saturated carbocycles. The van der Waals surface area contributed by atoms with Crippen LogP contribution in [-0.4, -0.2) is 61.5 Å². The molecule has 0 amide bonds. The number of benzene rings is 2. The minimum atomic E-state index is -3.27. The Morgan fingerprint density at radius 3 is 2.02 bits per heavy atom. The Bertz CT molecular complexity index is 1480. The summed E-state index contributed by atoms with van der Waals surface area (Å²) < 4.78 is 45.3. The maximum atomic E-state index is 12.3. The summed E-state index contributed by atoms with van der Waals surface area (Å²) in [6.07, 6.45) is 2.28. The van der Waals surface area contributed by atoms with Crippen LogP contribution in [0.25, 0.3) is 0 Å². The van der Waals surface area contributed by atoms with Crippen LogP contribution < -0.4 is 20.3 Å².